The molecule has 0 radical (unpaired) electrons. The Hall–Kier alpha value is -2.94. The quantitative estimate of drug-likeness (QED) is 0.535. The highest BCUT2D eigenvalue weighted by Gasteiger charge is 2.33. The Morgan fingerprint density at radius 3 is 2.39 bits per heavy atom. The van der Waals surface area contributed by atoms with Crippen LogP contribution in [-0.2, 0) is 11.0 Å². The van der Waals surface area contributed by atoms with Gasteiger partial charge in [-0.3, -0.25) is 9.69 Å². The molecule has 0 atom stereocenters. The molecule has 0 spiro atoms. The molecule has 9 heteroatoms. The summed E-state index contributed by atoms with van der Waals surface area (Å²) in [5, 5.41) is 2.55. The Labute approximate surface area is 182 Å². The molecule has 31 heavy (non-hydrogen) atoms. The molecule has 0 saturated carbocycles. The SMILES string of the molecule is Cc1csc(N(C(=O)C2CCN(c3ccc(C(F)(F)F)cn3)CC2)c2ccccc2)n1. The first-order valence-corrected chi connectivity index (χ1v) is 10.8. The second kappa shape index (κ2) is 8.66. The average molecular weight is 446 g/mol. The van der Waals surface area contributed by atoms with Gasteiger partial charge in [0, 0.05) is 30.6 Å². The second-order valence-corrected chi connectivity index (χ2v) is 8.28. The van der Waals surface area contributed by atoms with Crippen molar-refractivity contribution < 1.29 is 18.0 Å². The van der Waals surface area contributed by atoms with Crippen LogP contribution < -0.4 is 9.80 Å². The summed E-state index contributed by atoms with van der Waals surface area (Å²) in [4.78, 5) is 25.5. The van der Waals surface area contributed by atoms with Crippen molar-refractivity contribution in [2.75, 3.05) is 22.9 Å². The van der Waals surface area contributed by atoms with Crippen LogP contribution in [0.25, 0.3) is 0 Å². The van der Waals surface area contributed by atoms with Gasteiger partial charge in [-0.05, 0) is 44.0 Å². The summed E-state index contributed by atoms with van der Waals surface area (Å²) >= 11 is 1.43. The van der Waals surface area contributed by atoms with E-state index in [4.69, 9.17) is 0 Å². The first-order valence-electron chi connectivity index (χ1n) is 9.92. The van der Waals surface area contributed by atoms with Crippen LogP contribution in [-0.4, -0.2) is 29.0 Å². The number of piperidine rings is 1. The molecule has 1 fully saturated rings. The van der Waals surface area contributed by atoms with Crippen LogP contribution in [0.15, 0.2) is 54.0 Å². The van der Waals surface area contributed by atoms with Crippen molar-refractivity contribution in [3.8, 4) is 0 Å². The lowest BCUT2D eigenvalue weighted by Gasteiger charge is -2.34. The third-order valence-electron chi connectivity index (χ3n) is 5.28. The van der Waals surface area contributed by atoms with Crippen molar-refractivity contribution in [3.05, 3.63) is 65.3 Å². The van der Waals surface area contributed by atoms with E-state index in [9.17, 15) is 18.0 Å². The molecule has 1 aromatic carbocycles. The fourth-order valence-electron chi connectivity index (χ4n) is 3.63. The number of aromatic nitrogens is 2. The zero-order valence-corrected chi connectivity index (χ0v) is 17.7. The van der Waals surface area contributed by atoms with Gasteiger partial charge in [0.15, 0.2) is 5.13 Å². The number of para-hydroxylation sites is 1. The summed E-state index contributed by atoms with van der Waals surface area (Å²) in [6.45, 7) is 2.99. The Balaban J connectivity index is 1.47. The first kappa shape index (κ1) is 21.3. The molecule has 4 rings (SSSR count). The molecular formula is C22H21F3N4OS. The highest BCUT2D eigenvalue weighted by Crippen LogP contribution is 2.34. The van der Waals surface area contributed by atoms with Crippen LogP contribution in [0.5, 0.6) is 0 Å². The minimum Gasteiger partial charge on any atom is -0.357 e. The van der Waals surface area contributed by atoms with E-state index in [-0.39, 0.29) is 11.8 Å². The van der Waals surface area contributed by atoms with Crippen LogP contribution >= 0.6 is 11.3 Å². The summed E-state index contributed by atoms with van der Waals surface area (Å²) in [6.07, 6.45) is -2.36. The van der Waals surface area contributed by atoms with Crippen LogP contribution in [0.1, 0.15) is 24.1 Å². The molecule has 2 aromatic heterocycles. The lowest BCUT2D eigenvalue weighted by molar-refractivity contribution is -0.137. The number of benzene rings is 1. The predicted molar refractivity (Wildman–Crippen MR) is 115 cm³/mol. The number of alkyl halides is 3. The molecular weight excluding hydrogens is 425 g/mol. The van der Waals surface area contributed by atoms with Crippen molar-refractivity contribution in [1.29, 1.82) is 0 Å². The van der Waals surface area contributed by atoms with Gasteiger partial charge in [0.25, 0.3) is 0 Å². The van der Waals surface area contributed by atoms with E-state index in [1.54, 1.807) is 4.90 Å². The van der Waals surface area contributed by atoms with Crippen molar-refractivity contribution in [1.82, 2.24) is 9.97 Å². The van der Waals surface area contributed by atoms with E-state index < -0.39 is 11.7 Å². The summed E-state index contributed by atoms with van der Waals surface area (Å²) in [5.74, 6) is 0.282. The third kappa shape index (κ3) is 4.71. The molecule has 0 bridgehead atoms. The van der Waals surface area contributed by atoms with Gasteiger partial charge in [-0.15, -0.1) is 11.3 Å². The minimum absolute atomic E-state index is 0.0134. The van der Waals surface area contributed by atoms with E-state index in [2.05, 4.69) is 9.97 Å². The molecule has 162 valence electrons. The smallest absolute Gasteiger partial charge is 0.357 e. The summed E-state index contributed by atoms with van der Waals surface area (Å²) in [5.41, 5.74) is 0.865. The molecule has 0 unspecified atom stereocenters. The number of carbonyl (C=O) groups is 1. The molecule has 3 heterocycles. The Morgan fingerprint density at radius 2 is 1.84 bits per heavy atom. The average Bonchev–Trinajstić information content (AvgIpc) is 3.20. The van der Waals surface area contributed by atoms with Crippen molar-refractivity contribution in [2.24, 2.45) is 5.92 Å². The van der Waals surface area contributed by atoms with Gasteiger partial charge in [0.05, 0.1) is 16.9 Å². The maximum Gasteiger partial charge on any atom is 0.417 e. The number of hydrogen-bond donors (Lipinski definition) is 0. The van der Waals surface area contributed by atoms with E-state index in [1.165, 1.54) is 17.4 Å². The molecule has 1 aliphatic rings. The number of carbonyl (C=O) groups excluding carboxylic acids is 1. The van der Waals surface area contributed by atoms with Gasteiger partial charge in [0.2, 0.25) is 5.91 Å². The molecule has 0 aliphatic carbocycles. The third-order valence-corrected chi connectivity index (χ3v) is 6.22. The van der Waals surface area contributed by atoms with Crippen LogP contribution in [0, 0.1) is 12.8 Å². The van der Waals surface area contributed by atoms with Gasteiger partial charge >= 0.3 is 6.18 Å². The van der Waals surface area contributed by atoms with Crippen molar-refractivity contribution in [2.45, 2.75) is 25.9 Å². The van der Waals surface area contributed by atoms with E-state index in [1.807, 2.05) is 47.5 Å². The molecule has 5 nitrogen and oxygen atoms in total. The maximum atomic E-state index is 13.4. The summed E-state index contributed by atoms with van der Waals surface area (Å²) < 4.78 is 38.3. The van der Waals surface area contributed by atoms with Crippen molar-refractivity contribution in [3.63, 3.8) is 0 Å². The summed E-state index contributed by atoms with van der Waals surface area (Å²) in [7, 11) is 0. The normalized spacial score (nSPS) is 15.2. The van der Waals surface area contributed by atoms with Crippen LogP contribution in [0.2, 0.25) is 0 Å². The van der Waals surface area contributed by atoms with Gasteiger partial charge in [-0.2, -0.15) is 13.2 Å². The van der Waals surface area contributed by atoms with E-state index in [0.717, 1.165) is 23.6 Å². The number of hydrogen-bond acceptors (Lipinski definition) is 5. The number of anilines is 3. The monoisotopic (exact) mass is 446 g/mol. The van der Waals surface area contributed by atoms with Gasteiger partial charge in [0.1, 0.15) is 5.82 Å². The molecule has 1 aliphatic heterocycles. The van der Waals surface area contributed by atoms with E-state index >= 15 is 0 Å². The number of nitrogens with zero attached hydrogens (tertiary/aromatic N) is 4. The van der Waals surface area contributed by atoms with Gasteiger partial charge in [-0.25, -0.2) is 9.97 Å². The topological polar surface area (TPSA) is 49.3 Å². The van der Waals surface area contributed by atoms with Crippen LogP contribution in [0.4, 0.5) is 29.8 Å². The van der Waals surface area contributed by atoms with Crippen molar-refractivity contribution >= 4 is 33.9 Å². The number of rotatable bonds is 4. The number of amides is 1. The highest BCUT2D eigenvalue weighted by atomic mass is 32.1. The van der Waals surface area contributed by atoms with Gasteiger partial charge in [-0.1, -0.05) is 18.2 Å². The lowest BCUT2D eigenvalue weighted by Crippen LogP contribution is -2.41. The maximum absolute atomic E-state index is 13.4. The highest BCUT2D eigenvalue weighted by molar-refractivity contribution is 7.14. The Bertz CT molecular complexity index is 1030. The lowest BCUT2D eigenvalue weighted by atomic mass is 9.95. The number of aryl methyl sites for hydroxylation is 1. The number of pyridine rings is 1. The fraction of sp³-hybridized carbons (Fsp3) is 0.318. The van der Waals surface area contributed by atoms with Gasteiger partial charge < -0.3 is 4.90 Å². The Morgan fingerprint density at radius 1 is 1.13 bits per heavy atom. The molecule has 3 aromatic rings. The zero-order valence-electron chi connectivity index (χ0n) is 16.8. The minimum atomic E-state index is -4.40. The summed E-state index contributed by atoms with van der Waals surface area (Å²) in [6, 6.07) is 11.9. The number of thiazole rings is 1. The molecule has 1 amide bonds. The fourth-order valence-corrected chi connectivity index (χ4v) is 4.46. The Kier molecular flexibility index (Phi) is 5.95. The molecule has 1 saturated heterocycles. The first-order chi connectivity index (χ1) is 14.8. The predicted octanol–water partition coefficient (Wildman–Crippen LogP) is 5.45. The van der Waals surface area contributed by atoms with E-state index in [0.29, 0.717) is 36.9 Å². The van der Waals surface area contributed by atoms with Crippen LogP contribution in [0.3, 0.4) is 0 Å². The zero-order chi connectivity index (χ0) is 22.0. The molecule has 0 N–H and O–H groups in total. The second-order valence-electron chi connectivity index (χ2n) is 7.44. The largest absolute Gasteiger partial charge is 0.417 e. The standard InChI is InChI=1S/C22H21F3N4OS/c1-15-14-31-21(27-15)29(18-5-3-2-4-6-18)20(30)16-9-11-28(12-10-16)19-8-7-17(13-26-19)22(23,24)25/h2-8,13-14,16H,9-12H2,1H3. The number of halogens is 3.